The normalized spacial score (nSPS) is 23.8. The van der Waals surface area contributed by atoms with E-state index in [0.717, 1.165) is 57.8 Å². The lowest BCUT2D eigenvalue weighted by atomic mass is 9.80. The van der Waals surface area contributed by atoms with Crippen molar-refractivity contribution in [3.8, 4) is 0 Å². The van der Waals surface area contributed by atoms with E-state index in [1.807, 2.05) is 20.8 Å². The first kappa shape index (κ1) is 28.1. The van der Waals surface area contributed by atoms with Crippen LogP contribution in [0.5, 0.6) is 0 Å². The molecule has 0 bridgehead atoms. The van der Waals surface area contributed by atoms with Gasteiger partial charge in [0.25, 0.3) is 0 Å². The van der Waals surface area contributed by atoms with Crippen LogP contribution in [0, 0.1) is 17.3 Å². The van der Waals surface area contributed by atoms with E-state index in [9.17, 15) is 14.7 Å². The summed E-state index contributed by atoms with van der Waals surface area (Å²) in [6.07, 6.45) is 9.15. The Kier molecular flexibility index (Phi) is 12.3. The number of rotatable bonds is 17. The summed E-state index contributed by atoms with van der Waals surface area (Å²) in [5.41, 5.74) is -0.970. The van der Waals surface area contributed by atoms with Crippen molar-refractivity contribution < 1.29 is 29.6 Å². The molecule has 6 nitrogen and oxygen atoms in total. The Labute approximate surface area is 188 Å². The van der Waals surface area contributed by atoms with E-state index in [4.69, 9.17) is 14.9 Å². The van der Waals surface area contributed by atoms with Crippen LogP contribution in [0.1, 0.15) is 105 Å². The molecule has 0 saturated heterocycles. The smallest absolute Gasteiger partial charge is 0.303 e. The van der Waals surface area contributed by atoms with Gasteiger partial charge < -0.3 is 20.1 Å². The topological polar surface area (TPSA) is 104 Å². The van der Waals surface area contributed by atoms with Gasteiger partial charge in [-0.05, 0) is 50.4 Å². The van der Waals surface area contributed by atoms with Gasteiger partial charge in [-0.25, -0.2) is 0 Å². The number of ether oxygens (including phenoxy) is 1. The maximum atomic E-state index is 12.7. The molecule has 0 aromatic heterocycles. The van der Waals surface area contributed by atoms with E-state index in [1.54, 1.807) is 0 Å². The molecular weight excluding hydrogens is 396 g/mol. The Balaban J connectivity index is 2.65. The molecule has 1 aliphatic rings. The van der Waals surface area contributed by atoms with Gasteiger partial charge in [-0.1, -0.05) is 52.9 Å². The summed E-state index contributed by atoms with van der Waals surface area (Å²) in [6.45, 7) is 8.17. The molecule has 3 N–H and O–H groups in total. The van der Waals surface area contributed by atoms with Gasteiger partial charge >= 0.3 is 5.97 Å². The molecule has 0 aromatic carbocycles. The van der Waals surface area contributed by atoms with Crippen LogP contribution >= 0.6 is 0 Å². The molecule has 0 aliphatic heterocycles. The Morgan fingerprint density at radius 3 is 2.35 bits per heavy atom. The van der Waals surface area contributed by atoms with E-state index in [0.29, 0.717) is 12.8 Å². The molecule has 182 valence electrons. The molecule has 6 heteroatoms. The third-order valence-electron chi connectivity index (χ3n) is 6.82. The highest BCUT2D eigenvalue weighted by Gasteiger charge is 2.43. The fourth-order valence-electron chi connectivity index (χ4n) is 4.97. The van der Waals surface area contributed by atoms with Gasteiger partial charge in [-0.15, -0.1) is 0 Å². The minimum Gasteiger partial charge on any atom is -0.481 e. The molecule has 0 radical (unpaired) electrons. The first-order valence-corrected chi connectivity index (χ1v) is 12.2. The largest absolute Gasteiger partial charge is 0.481 e. The number of aliphatic hydroxyl groups is 2. The minimum atomic E-state index is -0.772. The van der Waals surface area contributed by atoms with Gasteiger partial charge in [0.2, 0.25) is 0 Å². The molecule has 1 fully saturated rings. The van der Waals surface area contributed by atoms with Gasteiger partial charge in [0, 0.05) is 12.3 Å². The van der Waals surface area contributed by atoms with E-state index >= 15 is 0 Å². The highest BCUT2D eigenvalue weighted by atomic mass is 16.5. The second-order valence-electron chi connectivity index (χ2n) is 10.5. The van der Waals surface area contributed by atoms with Crippen molar-refractivity contribution in [1.29, 1.82) is 0 Å². The van der Waals surface area contributed by atoms with Gasteiger partial charge in [-0.3, -0.25) is 9.59 Å². The molecule has 1 unspecified atom stereocenters. The quantitative estimate of drug-likeness (QED) is 0.281. The van der Waals surface area contributed by atoms with Crippen molar-refractivity contribution in [1.82, 2.24) is 0 Å². The highest BCUT2D eigenvalue weighted by molar-refractivity contribution is 5.84. The standard InChI is InChI=1S/C25H46O6/c1-5-6-8-13-25(4,30)14-11-20-19(21(27)17-22(20)31-16-15-26)10-7-9-12-24(2,3)18-23(28)29/h19-20,22,26,30H,5-18H2,1-4H3,(H,28,29)/t19-,20-,22-,25?/m1/s1. The van der Waals surface area contributed by atoms with Crippen molar-refractivity contribution in [2.45, 2.75) is 116 Å². The Hall–Kier alpha value is -0.980. The minimum absolute atomic E-state index is 0.0600. The van der Waals surface area contributed by atoms with E-state index in [2.05, 4.69) is 6.92 Å². The number of Topliss-reactive ketones (excluding diaryl/α,β-unsaturated/α-hetero) is 1. The first-order valence-electron chi connectivity index (χ1n) is 12.2. The van der Waals surface area contributed by atoms with Crippen molar-refractivity contribution in [2.75, 3.05) is 13.2 Å². The fourth-order valence-corrected chi connectivity index (χ4v) is 4.97. The highest BCUT2D eigenvalue weighted by Crippen LogP contribution is 2.40. The Morgan fingerprint density at radius 1 is 1.06 bits per heavy atom. The predicted molar refractivity (Wildman–Crippen MR) is 122 cm³/mol. The monoisotopic (exact) mass is 442 g/mol. The molecule has 0 amide bonds. The number of carboxylic acids is 1. The van der Waals surface area contributed by atoms with Gasteiger partial charge in [0.05, 0.1) is 31.3 Å². The summed E-state index contributed by atoms with van der Waals surface area (Å²) >= 11 is 0. The van der Waals surface area contributed by atoms with Crippen LogP contribution in [0.4, 0.5) is 0 Å². The van der Waals surface area contributed by atoms with Gasteiger partial charge in [0.1, 0.15) is 5.78 Å². The fraction of sp³-hybridized carbons (Fsp3) is 0.920. The number of aliphatic carboxylic acids is 1. The second kappa shape index (κ2) is 13.5. The van der Waals surface area contributed by atoms with E-state index in [1.165, 1.54) is 0 Å². The molecule has 0 aromatic rings. The number of ketones is 1. The third-order valence-corrected chi connectivity index (χ3v) is 6.82. The predicted octanol–water partition coefficient (Wildman–Crippen LogP) is 4.74. The maximum Gasteiger partial charge on any atom is 0.303 e. The first-order chi connectivity index (χ1) is 14.5. The van der Waals surface area contributed by atoms with Crippen LogP contribution in [-0.2, 0) is 14.3 Å². The van der Waals surface area contributed by atoms with E-state index < -0.39 is 11.6 Å². The van der Waals surface area contributed by atoms with Crippen molar-refractivity contribution in [2.24, 2.45) is 17.3 Å². The van der Waals surface area contributed by atoms with Crippen LogP contribution in [0.2, 0.25) is 0 Å². The zero-order valence-corrected chi connectivity index (χ0v) is 20.2. The number of carboxylic acid groups (broad SMARTS) is 1. The average Bonchev–Trinajstić information content (AvgIpc) is 2.95. The zero-order chi connectivity index (χ0) is 23.5. The van der Waals surface area contributed by atoms with Crippen molar-refractivity contribution in [3.63, 3.8) is 0 Å². The van der Waals surface area contributed by atoms with Gasteiger partial charge in [-0.2, -0.15) is 0 Å². The summed E-state index contributed by atoms with van der Waals surface area (Å²) in [4.78, 5) is 23.8. The molecule has 4 atom stereocenters. The number of hydrogen-bond donors (Lipinski definition) is 3. The lowest BCUT2D eigenvalue weighted by Gasteiger charge is -2.29. The van der Waals surface area contributed by atoms with Crippen molar-refractivity contribution in [3.05, 3.63) is 0 Å². The summed E-state index contributed by atoms with van der Waals surface area (Å²) in [5, 5.41) is 29.0. The summed E-state index contributed by atoms with van der Waals surface area (Å²) in [7, 11) is 0. The number of hydrogen-bond acceptors (Lipinski definition) is 5. The van der Waals surface area contributed by atoms with Crippen LogP contribution in [-0.4, -0.2) is 52.0 Å². The Morgan fingerprint density at radius 2 is 1.74 bits per heavy atom. The SMILES string of the molecule is CCCCCC(C)(O)CC[C@H]1[C@H](OCCO)CC(=O)[C@@H]1CCCCC(C)(C)CC(=O)O. The van der Waals surface area contributed by atoms with Crippen LogP contribution in [0.3, 0.4) is 0 Å². The number of aliphatic hydroxyl groups excluding tert-OH is 1. The molecular formula is C25H46O6. The molecule has 1 saturated carbocycles. The van der Waals surface area contributed by atoms with Gasteiger partial charge in [0.15, 0.2) is 0 Å². The molecule has 1 rings (SSSR count). The van der Waals surface area contributed by atoms with E-state index in [-0.39, 0.29) is 48.8 Å². The molecule has 31 heavy (non-hydrogen) atoms. The molecule has 0 heterocycles. The lowest BCUT2D eigenvalue weighted by Crippen LogP contribution is -2.30. The number of unbranched alkanes of at least 4 members (excludes halogenated alkanes) is 3. The van der Waals surface area contributed by atoms with Crippen LogP contribution < -0.4 is 0 Å². The average molecular weight is 443 g/mol. The third kappa shape index (κ3) is 10.9. The van der Waals surface area contributed by atoms with Crippen LogP contribution in [0.25, 0.3) is 0 Å². The number of carbonyl (C=O) groups excluding carboxylic acids is 1. The zero-order valence-electron chi connectivity index (χ0n) is 20.2. The van der Waals surface area contributed by atoms with Crippen molar-refractivity contribution >= 4 is 11.8 Å². The molecule has 1 aliphatic carbocycles. The number of carbonyl (C=O) groups is 2. The summed E-state index contributed by atoms with van der Waals surface area (Å²) < 4.78 is 5.82. The summed E-state index contributed by atoms with van der Waals surface area (Å²) in [5.74, 6) is -0.546. The maximum absolute atomic E-state index is 12.7. The lowest BCUT2D eigenvalue weighted by molar-refractivity contribution is -0.139. The summed E-state index contributed by atoms with van der Waals surface area (Å²) in [6, 6.07) is 0. The molecule has 0 spiro atoms. The van der Waals surface area contributed by atoms with Crippen LogP contribution in [0.15, 0.2) is 0 Å². The second-order valence-corrected chi connectivity index (χ2v) is 10.5. The Bertz CT molecular complexity index is 542.